The molecule has 1 heterocycles. The summed E-state index contributed by atoms with van der Waals surface area (Å²) in [4.78, 5) is 30.6. The molecule has 1 saturated heterocycles. The van der Waals surface area contributed by atoms with Gasteiger partial charge < -0.3 is 5.32 Å². The van der Waals surface area contributed by atoms with Crippen LogP contribution in [0.2, 0.25) is 10.0 Å². The van der Waals surface area contributed by atoms with Gasteiger partial charge in [-0.25, -0.2) is 9.38 Å². The number of benzene rings is 2. The predicted molar refractivity (Wildman–Crippen MR) is 107 cm³/mol. The van der Waals surface area contributed by atoms with Gasteiger partial charge in [0.15, 0.2) is 5.17 Å². The van der Waals surface area contributed by atoms with Crippen molar-refractivity contribution in [1.29, 1.82) is 0 Å². The van der Waals surface area contributed by atoms with Gasteiger partial charge in [0.05, 0.1) is 21.4 Å². The zero-order valence-electron chi connectivity index (χ0n) is 14.1. The molecule has 27 heavy (non-hydrogen) atoms. The Morgan fingerprint density at radius 2 is 2.00 bits per heavy atom. The first-order chi connectivity index (χ1) is 12.8. The number of aliphatic imine (C=N–C) groups is 1. The maximum absolute atomic E-state index is 13.7. The fourth-order valence-corrected chi connectivity index (χ4v) is 3.70. The Bertz CT molecular complexity index is 939. The quantitative estimate of drug-likeness (QED) is 0.773. The molecule has 0 radical (unpaired) electrons. The molecule has 0 aliphatic carbocycles. The number of rotatable bonds is 3. The maximum atomic E-state index is 13.7. The third-order valence-electron chi connectivity index (χ3n) is 3.82. The maximum Gasteiger partial charge on any atom is 0.238 e. The summed E-state index contributed by atoms with van der Waals surface area (Å²) in [5.74, 6) is -1.27. The highest BCUT2D eigenvalue weighted by molar-refractivity contribution is 8.15. The van der Waals surface area contributed by atoms with Crippen molar-refractivity contribution < 1.29 is 14.0 Å². The lowest BCUT2D eigenvalue weighted by molar-refractivity contribution is -0.128. The van der Waals surface area contributed by atoms with Crippen molar-refractivity contribution in [2.24, 2.45) is 4.99 Å². The van der Waals surface area contributed by atoms with Gasteiger partial charge >= 0.3 is 0 Å². The number of hydrogen-bond donors (Lipinski definition) is 1. The van der Waals surface area contributed by atoms with Gasteiger partial charge in [-0.2, -0.15) is 0 Å². The van der Waals surface area contributed by atoms with E-state index in [0.717, 1.165) is 11.8 Å². The van der Waals surface area contributed by atoms with E-state index in [9.17, 15) is 14.0 Å². The molecule has 2 amide bonds. The number of thioether (sulfide) groups is 1. The van der Waals surface area contributed by atoms with E-state index in [2.05, 4.69) is 10.3 Å². The fourth-order valence-electron chi connectivity index (χ4n) is 2.34. The van der Waals surface area contributed by atoms with Crippen LogP contribution in [0.4, 0.5) is 15.8 Å². The molecule has 0 saturated carbocycles. The normalized spacial score (nSPS) is 18.7. The van der Waals surface area contributed by atoms with Crippen LogP contribution in [0, 0.1) is 5.82 Å². The Hall–Kier alpha value is -2.09. The van der Waals surface area contributed by atoms with E-state index in [4.69, 9.17) is 23.2 Å². The largest absolute Gasteiger partial charge is 0.323 e. The molecule has 1 atom stereocenters. The van der Waals surface area contributed by atoms with Gasteiger partial charge in [0, 0.05) is 13.5 Å². The van der Waals surface area contributed by atoms with Crippen molar-refractivity contribution in [1.82, 2.24) is 4.90 Å². The van der Waals surface area contributed by atoms with E-state index in [1.54, 1.807) is 31.3 Å². The molecule has 140 valence electrons. The van der Waals surface area contributed by atoms with Gasteiger partial charge in [-0.3, -0.25) is 14.5 Å². The van der Waals surface area contributed by atoms with Crippen LogP contribution in [0.3, 0.4) is 0 Å². The van der Waals surface area contributed by atoms with Crippen molar-refractivity contribution in [3.05, 3.63) is 58.3 Å². The highest BCUT2D eigenvalue weighted by atomic mass is 35.5. The molecule has 0 aromatic heterocycles. The average molecular weight is 426 g/mol. The van der Waals surface area contributed by atoms with Crippen molar-refractivity contribution >= 4 is 63.3 Å². The van der Waals surface area contributed by atoms with Crippen molar-refractivity contribution in [3.8, 4) is 0 Å². The molecule has 1 fully saturated rings. The summed E-state index contributed by atoms with van der Waals surface area (Å²) in [6.07, 6.45) is -0.0121. The smallest absolute Gasteiger partial charge is 0.238 e. The van der Waals surface area contributed by atoms with Crippen molar-refractivity contribution in [2.75, 3.05) is 12.4 Å². The molecule has 0 bridgehead atoms. The number of amides is 2. The van der Waals surface area contributed by atoms with Crippen LogP contribution in [0.15, 0.2) is 47.5 Å². The first-order valence-electron chi connectivity index (χ1n) is 7.87. The van der Waals surface area contributed by atoms with E-state index in [0.29, 0.717) is 20.9 Å². The van der Waals surface area contributed by atoms with Gasteiger partial charge in [0.25, 0.3) is 0 Å². The van der Waals surface area contributed by atoms with E-state index in [1.807, 2.05) is 0 Å². The highest BCUT2D eigenvalue weighted by Crippen LogP contribution is 2.31. The molecule has 9 heteroatoms. The number of hydrogen-bond acceptors (Lipinski definition) is 4. The second kappa shape index (κ2) is 8.29. The third-order valence-corrected chi connectivity index (χ3v) is 5.80. The zero-order valence-corrected chi connectivity index (χ0v) is 16.4. The summed E-state index contributed by atoms with van der Waals surface area (Å²) < 4.78 is 13.7. The lowest BCUT2D eigenvalue weighted by Gasteiger charge is -2.28. The predicted octanol–water partition coefficient (Wildman–Crippen LogP) is 4.72. The topological polar surface area (TPSA) is 61.8 Å². The van der Waals surface area contributed by atoms with Crippen LogP contribution in [-0.2, 0) is 9.59 Å². The fraction of sp³-hybridized carbons (Fsp3) is 0.167. The molecule has 1 N–H and O–H groups in total. The number of nitrogens with one attached hydrogen (secondary N) is 1. The lowest BCUT2D eigenvalue weighted by atomic mass is 10.2. The first kappa shape index (κ1) is 19.7. The number of amidine groups is 1. The molecule has 2 aromatic rings. The average Bonchev–Trinajstić information content (AvgIpc) is 2.63. The highest BCUT2D eigenvalue weighted by Gasteiger charge is 2.34. The Morgan fingerprint density at radius 3 is 2.70 bits per heavy atom. The summed E-state index contributed by atoms with van der Waals surface area (Å²) in [7, 11) is 1.58. The molecule has 0 unspecified atom stereocenters. The molecule has 0 spiro atoms. The number of halogens is 3. The van der Waals surface area contributed by atoms with Gasteiger partial charge in [0.1, 0.15) is 11.1 Å². The summed E-state index contributed by atoms with van der Waals surface area (Å²) in [5, 5.41) is 2.86. The Labute approximate surface area is 169 Å². The van der Waals surface area contributed by atoms with E-state index >= 15 is 0 Å². The number of nitrogens with zero attached hydrogens (tertiary/aromatic N) is 2. The van der Waals surface area contributed by atoms with Crippen LogP contribution in [-0.4, -0.2) is 34.2 Å². The molecule has 1 aliphatic rings. The number of para-hydroxylation sites is 1. The van der Waals surface area contributed by atoms with E-state index in [1.165, 1.54) is 23.1 Å². The minimum Gasteiger partial charge on any atom is -0.323 e. The summed E-state index contributed by atoms with van der Waals surface area (Å²) >= 11 is 13.0. The molecular formula is C18H14Cl2FN3O2S. The monoisotopic (exact) mass is 425 g/mol. The van der Waals surface area contributed by atoms with Crippen LogP contribution in [0.1, 0.15) is 6.42 Å². The number of carbonyl (C=O) groups excluding carboxylic acids is 2. The van der Waals surface area contributed by atoms with Crippen molar-refractivity contribution in [3.63, 3.8) is 0 Å². The number of carbonyl (C=O) groups is 2. The lowest BCUT2D eigenvalue weighted by Crippen LogP contribution is -2.43. The first-order valence-corrected chi connectivity index (χ1v) is 9.51. The van der Waals surface area contributed by atoms with Crippen LogP contribution >= 0.6 is 35.0 Å². The van der Waals surface area contributed by atoms with Gasteiger partial charge in [-0.1, -0.05) is 47.1 Å². The van der Waals surface area contributed by atoms with E-state index < -0.39 is 17.0 Å². The van der Waals surface area contributed by atoms with Crippen LogP contribution in [0.5, 0.6) is 0 Å². The van der Waals surface area contributed by atoms with E-state index in [-0.39, 0.29) is 18.0 Å². The Kier molecular flexibility index (Phi) is 6.04. The second-order valence-electron chi connectivity index (χ2n) is 5.73. The third kappa shape index (κ3) is 4.61. The van der Waals surface area contributed by atoms with Crippen LogP contribution in [0.25, 0.3) is 0 Å². The Balaban J connectivity index is 1.81. The SMILES string of the molecule is CN1C(=O)C[C@@H](C(=O)Nc2ccccc2F)SC1=Nc1ccc(Cl)c(Cl)c1. The summed E-state index contributed by atoms with van der Waals surface area (Å²) in [5.41, 5.74) is 0.569. The molecular weight excluding hydrogens is 412 g/mol. The summed E-state index contributed by atoms with van der Waals surface area (Å²) in [6, 6.07) is 10.7. The Morgan fingerprint density at radius 1 is 1.26 bits per heavy atom. The van der Waals surface area contributed by atoms with Crippen molar-refractivity contribution in [2.45, 2.75) is 11.7 Å². The van der Waals surface area contributed by atoms with Crippen LogP contribution < -0.4 is 5.32 Å². The second-order valence-corrected chi connectivity index (χ2v) is 7.71. The standard InChI is InChI=1S/C18H14Cl2FN3O2S/c1-24-16(25)9-15(17(26)23-14-5-3-2-4-13(14)21)27-18(24)22-10-6-7-11(19)12(20)8-10/h2-8,15H,9H2,1H3,(H,23,26)/t15-/m0/s1. The summed E-state index contributed by atoms with van der Waals surface area (Å²) in [6.45, 7) is 0. The minimum absolute atomic E-state index is 0.0121. The van der Waals surface area contributed by atoms with Gasteiger partial charge in [0.2, 0.25) is 11.8 Å². The van der Waals surface area contributed by atoms with Gasteiger partial charge in [-0.15, -0.1) is 0 Å². The molecule has 1 aliphatic heterocycles. The zero-order chi connectivity index (χ0) is 19.6. The molecule has 3 rings (SSSR count). The number of anilines is 1. The molecule has 5 nitrogen and oxygen atoms in total. The minimum atomic E-state index is -0.727. The molecule has 2 aromatic carbocycles. The van der Waals surface area contributed by atoms with Gasteiger partial charge in [-0.05, 0) is 30.3 Å².